The van der Waals surface area contributed by atoms with Gasteiger partial charge < -0.3 is 15.6 Å². The zero-order valence-electron chi connectivity index (χ0n) is 27.4. The molecular weight excluding hydrogens is 609 g/mol. The molecule has 7 aromatic rings. The first kappa shape index (κ1) is 30.7. The van der Waals surface area contributed by atoms with Gasteiger partial charge in [-0.05, 0) is 69.3 Å². The Kier molecular flexibility index (Phi) is 8.08. The summed E-state index contributed by atoms with van der Waals surface area (Å²) in [7, 11) is 0. The second-order valence-electron chi connectivity index (χ2n) is 12.5. The maximum atomic E-state index is 8.76. The van der Waals surface area contributed by atoms with Crippen LogP contribution in [0, 0.1) is 10.8 Å². The highest BCUT2D eigenvalue weighted by atomic mass is 16.5. The van der Waals surface area contributed by atoms with Crippen LogP contribution in [-0.2, 0) is 5.41 Å². The average molecular weight is 643 g/mol. The summed E-state index contributed by atoms with van der Waals surface area (Å²) in [5.41, 5.74) is 10.4. The van der Waals surface area contributed by atoms with Crippen molar-refractivity contribution in [1.29, 1.82) is 10.8 Å². The summed E-state index contributed by atoms with van der Waals surface area (Å²) < 4.78 is 6.88. The van der Waals surface area contributed by atoms with Crippen molar-refractivity contribution < 1.29 is 4.74 Å². The molecule has 1 aliphatic rings. The lowest BCUT2D eigenvalue weighted by molar-refractivity contribution is 0.436. The van der Waals surface area contributed by atoms with Crippen molar-refractivity contribution in [1.82, 2.24) is 0 Å². The molecule has 2 N–H and O–H groups in total. The second kappa shape index (κ2) is 13.1. The van der Waals surface area contributed by atoms with Gasteiger partial charge in [-0.2, -0.15) is 0 Å². The van der Waals surface area contributed by atoms with Crippen LogP contribution in [0.25, 0.3) is 22.3 Å². The van der Waals surface area contributed by atoms with Gasteiger partial charge >= 0.3 is 0 Å². The summed E-state index contributed by atoms with van der Waals surface area (Å²) in [6.07, 6.45) is 3.38. The Labute approximate surface area is 292 Å². The maximum absolute atomic E-state index is 8.76. The molecule has 0 aromatic heterocycles. The van der Waals surface area contributed by atoms with E-state index in [4.69, 9.17) is 15.6 Å². The number of fused-ring (bicyclic) bond motifs is 2. The van der Waals surface area contributed by atoms with Crippen molar-refractivity contribution in [3.8, 4) is 33.8 Å². The van der Waals surface area contributed by atoms with E-state index in [0.717, 1.165) is 56.0 Å². The fourth-order valence-corrected chi connectivity index (χ4v) is 7.16. The molecule has 0 radical (unpaired) electrons. The number of nitrogens with one attached hydrogen (secondary N) is 2. The zero-order chi connectivity index (χ0) is 33.9. The van der Waals surface area contributed by atoms with E-state index in [0.29, 0.717) is 11.4 Å². The van der Waals surface area contributed by atoms with E-state index in [9.17, 15) is 0 Å². The Morgan fingerprint density at radius 3 is 1.64 bits per heavy atom. The third-order valence-corrected chi connectivity index (χ3v) is 9.52. The van der Waals surface area contributed by atoms with Crippen molar-refractivity contribution in [2.24, 2.45) is 0 Å². The highest BCUT2D eigenvalue weighted by Crippen LogP contribution is 2.57. The number of rotatable bonds is 8. The lowest BCUT2D eigenvalue weighted by atomic mass is 9.63. The molecule has 0 spiro atoms. The minimum atomic E-state index is -0.584. The van der Waals surface area contributed by atoms with Crippen molar-refractivity contribution in [2.45, 2.75) is 5.41 Å². The zero-order valence-corrected chi connectivity index (χ0v) is 27.4. The van der Waals surface area contributed by atoms with Gasteiger partial charge in [-0.3, -0.25) is 0 Å². The molecule has 0 fully saturated rings. The first-order valence-electron chi connectivity index (χ1n) is 16.8. The molecule has 7 aromatic carbocycles. The molecule has 1 aliphatic heterocycles. The van der Waals surface area contributed by atoms with Crippen LogP contribution in [0.1, 0.15) is 33.4 Å². The van der Waals surface area contributed by atoms with Gasteiger partial charge in [-0.15, -0.1) is 0 Å². The first-order chi connectivity index (χ1) is 24.6. The van der Waals surface area contributed by atoms with E-state index in [1.54, 1.807) is 12.2 Å². The minimum Gasteiger partial charge on any atom is -0.456 e. The molecule has 3 heteroatoms. The summed E-state index contributed by atoms with van der Waals surface area (Å²) in [6, 6.07) is 62.5. The fraction of sp³-hybridized carbons (Fsp3) is 0.0213. The van der Waals surface area contributed by atoms with Crippen molar-refractivity contribution in [2.75, 3.05) is 0 Å². The maximum Gasteiger partial charge on any atom is 0.140 e. The quantitative estimate of drug-likeness (QED) is 0.159. The smallest absolute Gasteiger partial charge is 0.140 e. The molecule has 0 amide bonds. The van der Waals surface area contributed by atoms with Gasteiger partial charge in [0.1, 0.15) is 11.5 Å². The third-order valence-electron chi connectivity index (χ3n) is 9.52. The summed E-state index contributed by atoms with van der Waals surface area (Å²) >= 11 is 0. The lowest BCUT2D eigenvalue weighted by Gasteiger charge is -2.42. The Morgan fingerprint density at radius 1 is 0.440 bits per heavy atom. The summed E-state index contributed by atoms with van der Waals surface area (Å²) in [6.45, 7) is 0. The number of allylic oxidation sites excluding steroid dienone is 2. The van der Waals surface area contributed by atoms with Crippen LogP contribution in [0.2, 0.25) is 0 Å². The monoisotopic (exact) mass is 642 g/mol. The van der Waals surface area contributed by atoms with Gasteiger partial charge in [0.05, 0.1) is 16.8 Å². The van der Waals surface area contributed by atoms with E-state index < -0.39 is 5.41 Å². The topological polar surface area (TPSA) is 56.9 Å². The highest BCUT2D eigenvalue weighted by Gasteiger charge is 2.45. The first-order valence-corrected chi connectivity index (χ1v) is 16.8. The van der Waals surface area contributed by atoms with Crippen LogP contribution >= 0.6 is 0 Å². The molecule has 3 nitrogen and oxygen atoms in total. The molecule has 0 saturated heterocycles. The van der Waals surface area contributed by atoms with Gasteiger partial charge in [-0.25, -0.2) is 0 Å². The highest BCUT2D eigenvalue weighted by molar-refractivity contribution is 6.14. The Hall–Kier alpha value is -6.58. The van der Waals surface area contributed by atoms with Crippen LogP contribution < -0.4 is 4.74 Å². The molecular formula is C47H34N2O. The van der Waals surface area contributed by atoms with E-state index >= 15 is 0 Å². The van der Waals surface area contributed by atoms with Crippen molar-refractivity contribution in [3.05, 3.63) is 228 Å². The largest absolute Gasteiger partial charge is 0.456 e. The summed E-state index contributed by atoms with van der Waals surface area (Å²) in [4.78, 5) is 0. The lowest BCUT2D eigenvalue weighted by Crippen LogP contribution is -2.34. The standard InChI is InChI=1S/C47H34N2O/c48-43(33-15-4-1-5-16-33)29-30-44(49)37-20-13-18-35(32-37)34-17-12-19-36(31-34)40-25-14-27-42-46(40)50-45-28-11-10-26-41(45)47(42,38-21-6-2-7-22-38)39-23-8-3-9-24-39/h1-32,48-49H/b30-29-,48-43?,49-44?. The van der Waals surface area contributed by atoms with Gasteiger partial charge in [0, 0.05) is 16.7 Å². The second-order valence-corrected chi connectivity index (χ2v) is 12.5. The predicted octanol–water partition coefficient (Wildman–Crippen LogP) is 11.5. The van der Waals surface area contributed by atoms with Gasteiger partial charge in [0.15, 0.2) is 0 Å². The number of ether oxygens (including phenoxy) is 1. The molecule has 0 unspecified atom stereocenters. The normalized spacial score (nSPS) is 12.8. The summed E-state index contributed by atoms with van der Waals surface area (Å²) in [5.74, 6) is 1.69. The molecule has 238 valence electrons. The molecule has 8 rings (SSSR count). The number of hydrogen-bond donors (Lipinski definition) is 2. The predicted molar refractivity (Wildman–Crippen MR) is 205 cm³/mol. The van der Waals surface area contributed by atoms with Gasteiger partial charge in [0.25, 0.3) is 0 Å². The SMILES string of the molecule is N=C(/C=C\C(=N)c1cccc(-c2cccc(-c3cccc4c3Oc3ccccc3C4(c3ccccc3)c3ccccc3)c2)c1)c1ccccc1. The average Bonchev–Trinajstić information content (AvgIpc) is 3.19. The molecule has 0 aliphatic carbocycles. The molecule has 0 saturated carbocycles. The fourth-order valence-electron chi connectivity index (χ4n) is 7.16. The number of para-hydroxylation sites is 2. The van der Waals surface area contributed by atoms with Crippen LogP contribution in [0.4, 0.5) is 0 Å². The minimum absolute atomic E-state index is 0.353. The molecule has 1 heterocycles. The van der Waals surface area contributed by atoms with Crippen LogP contribution in [0.3, 0.4) is 0 Å². The van der Waals surface area contributed by atoms with Crippen LogP contribution in [0.5, 0.6) is 11.5 Å². The Balaban J connectivity index is 1.21. The summed E-state index contributed by atoms with van der Waals surface area (Å²) in [5, 5.41) is 17.2. The Morgan fingerprint density at radius 2 is 0.940 bits per heavy atom. The van der Waals surface area contributed by atoms with Crippen molar-refractivity contribution >= 4 is 11.4 Å². The van der Waals surface area contributed by atoms with Gasteiger partial charge in [0.2, 0.25) is 0 Å². The molecule has 50 heavy (non-hydrogen) atoms. The number of hydrogen-bond acceptors (Lipinski definition) is 3. The molecule has 0 atom stereocenters. The van der Waals surface area contributed by atoms with E-state index in [1.807, 2.05) is 54.6 Å². The Bertz CT molecular complexity index is 2340. The van der Waals surface area contributed by atoms with Gasteiger partial charge in [-0.1, -0.05) is 164 Å². The van der Waals surface area contributed by atoms with E-state index in [-0.39, 0.29) is 0 Å². The molecule has 0 bridgehead atoms. The van der Waals surface area contributed by atoms with Crippen molar-refractivity contribution in [3.63, 3.8) is 0 Å². The number of benzene rings is 7. The van der Waals surface area contributed by atoms with E-state index in [2.05, 4.69) is 127 Å². The third kappa shape index (κ3) is 5.45. The van der Waals surface area contributed by atoms with Crippen LogP contribution in [0.15, 0.2) is 194 Å². The van der Waals surface area contributed by atoms with Crippen LogP contribution in [-0.4, -0.2) is 11.4 Å². The van der Waals surface area contributed by atoms with E-state index in [1.165, 1.54) is 11.1 Å².